The SMILES string of the molecule is CCOc1ccc2ncn(-c3cc(OCc4ccccc4C(F)(F)P)c(C(N)=O)s3)c2c1. The molecular formula is C22H20F2N3O3PS. The minimum atomic E-state index is -3.10. The third kappa shape index (κ3) is 4.45. The third-order valence-electron chi connectivity index (χ3n) is 4.74. The Balaban J connectivity index is 1.68. The van der Waals surface area contributed by atoms with Crippen LogP contribution in [0.4, 0.5) is 8.78 Å². The lowest BCUT2D eigenvalue weighted by atomic mass is 10.1. The Hall–Kier alpha value is -3.03. The Morgan fingerprint density at radius 1 is 1.22 bits per heavy atom. The molecule has 4 aromatic rings. The predicted molar refractivity (Wildman–Crippen MR) is 123 cm³/mol. The number of benzene rings is 2. The predicted octanol–water partition coefficient (Wildman–Crippen LogP) is 5.09. The van der Waals surface area contributed by atoms with Crippen molar-refractivity contribution in [2.45, 2.75) is 19.2 Å². The first-order valence-electron chi connectivity index (χ1n) is 9.69. The van der Waals surface area contributed by atoms with Crippen molar-refractivity contribution in [1.82, 2.24) is 9.55 Å². The van der Waals surface area contributed by atoms with Gasteiger partial charge in [0.05, 0.1) is 17.6 Å². The highest BCUT2D eigenvalue weighted by Gasteiger charge is 2.27. The Labute approximate surface area is 189 Å². The molecule has 1 unspecified atom stereocenters. The summed E-state index contributed by atoms with van der Waals surface area (Å²) >= 11 is 1.13. The largest absolute Gasteiger partial charge is 0.494 e. The van der Waals surface area contributed by atoms with Crippen LogP contribution in [0.15, 0.2) is 54.9 Å². The Kier molecular flexibility index (Phi) is 6.13. The number of primary amides is 1. The van der Waals surface area contributed by atoms with Gasteiger partial charge in [-0.2, -0.15) is 8.78 Å². The number of carbonyl (C=O) groups excluding carboxylic acids is 1. The fourth-order valence-corrected chi connectivity index (χ4v) is 4.53. The first-order chi connectivity index (χ1) is 15.3. The van der Waals surface area contributed by atoms with Crippen molar-refractivity contribution < 1.29 is 23.0 Å². The molecule has 1 amide bonds. The summed E-state index contributed by atoms with van der Waals surface area (Å²) in [6, 6.07) is 13.3. The standard InChI is InChI=1S/C22H20F2N3O3PS/c1-2-29-14-7-8-16-17(9-14)27(12-26-16)19-10-18(20(32-19)21(25)28)30-11-13-5-3-4-6-15(13)22(23,24)31/h3-10,12H,2,11,31H2,1H3,(H2,25,28). The summed E-state index contributed by atoms with van der Waals surface area (Å²) in [6.07, 6.45) is 1.63. The van der Waals surface area contributed by atoms with E-state index >= 15 is 0 Å². The first kappa shape index (κ1) is 22.2. The number of aromatic nitrogens is 2. The van der Waals surface area contributed by atoms with Gasteiger partial charge in [-0.05, 0) is 24.6 Å². The molecule has 32 heavy (non-hydrogen) atoms. The van der Waals surface area contributed by atoms with Gasteiger partial charge in [0.2, 0.25) is 0 Å². The summed E-state index contributed by atoms with van der Waals surface area (Å²) in [7, 11) is 1.53. The Morgan fingerprint density at radius 2 is 2.00 bits per heavy atom. The highest BCUT2D eigenvalue weighted by molar-refractivity contribution is 7.17. The van der Waals surface area contributed by atoms with Gasteiger partial charge in [0.15, 0.2) is 0 Å². The van der Waals surface area contributed by atoms with Gasteiger partial charge in [-0.3, -0.25) is 9.36 Å². The van der Waals surface area contributed by atoms with Crippen LogP contribution >= 0.6 is 20.6 Å². The quantitative estimate of drug-likeness (QED) is 0.360. The monoisotopic (exact) mass is 475 g/mol. The van der Waals surface area contributed by atoms with Crippen LogP contribution in [0.25, 0.3) is 16.0 Å². The van der Waals surface area contributed by atoms with Crippen molar-refractivity contribution in [3.63, 3.8) is 0 Å². The van der Waals surface area contributed by atoms with Crippen molar-refractivity contribution in [2.24, 2.45) is 5.73 Å². The van der Waals surface area contributed by atoms with Gasteiger partial charge in [-0.25, -0.2) is 4.98 Å². The number of nitrogens with zero attached hydrogens (tertiary/aromatic N) is 2. The van der Waals surface area contributed by atoms with Gasteiger partial charge in [0.25, 0.3) is 11.6 Å². The summed E-state index contributed by atoms with van der Waals surface area (Å²) in [5.41, 5.74) is 4.14. The normalized spacial score (nSPS) is 11.6. The van der Waals surface area contributed by atoms with Crippen LogP contribution in [-0.2, 0) is 12.3 Å². The molecule has 0 bridgehead atoms. The van der Waals surface area contributed by atoms with E-state index in [1.54, 1.807) is 29.1 Å². The van der Waals surface area contributed by atoms with Crippen LogP contribution < -0.4 is 15.2 Å². The van der Waals surface area contributed by atoms with Crippen molar-refractivity contribution >= 4 is 37.5 Å². The number of imidazole rings is 1. The van der Waals surface area contributed by atoms with Gasteiger partial charge >= 0.3 is 0 Å². The third-order valence-corrected chi connectivity index (χ3v) is 6.18. The van der Waals surface area contributed by atoms with E-state index in [1.807, 2.05) is 25.1 Å². The van der Waals surface area contributed by atoms with Crippen molar-refractivity contribution in [2.75, 3.05) is 6.61 Å². The lowest BCUT2D eigenvalue weighted by Gasteiger charge is -2.16. The molecule has 166 valence electrons. The maximum Gasteiger partial charge on any atom is 0.284 e. The second kappa shape index (κ2) is 8.84. The van der Waals surface area contributed by atoms with Gasteiger partial charge in [-0.1, -0.05) is 33.5 Å². The molecule has 0 radical (unpaired) electrons. The number of hydrogen-bond acceptors (Lipinski definition) is 5. The van der Waals surface area contributed by atoms with E-state index < -0.39 is 11.6 Å². The molecule has 4 rings (SSSR count). The van der Waals surface area contributed by atoms with E-state index in [-0.39, 0.29) is 22.8 Å². The number of nitrogens with two attached hydrogens (primary N) is 1. The second-order valence-corrected chi connectivity index (χ2v) is 8.66. The lowest BCUT2D eigenvalue weighted by molar-refractivity contribution is 0.0988. The summed E-state index contributed by atoms with van der Waals surface area (Å²) < 4.78 is 40.9. The second-order valence-electron chi connectivity index (χ2n) is 6.91. The number of fused-ring (bicyclic) bond motifs is 1. The number of halogens is 2. The van der Waals surface area contributed by atoms with E-state index in [4.69, 9.17) is 15.2 Å². The van der Waals surface area contributed by atoms with E-state index in [0.717, 1.165) is 22.4 Å². The number of hydrogen-bond donors (Lipinski definition) is 1. The number of carbonyl (C=O) groups is 1. The molecule has 2 heterocycles. The Morgan fingerprint density at radius 3 is 2.72 bits per heavy atom. The number of amides is 1. The average Bonchev–Trinajstić information content (AvgIpc) is 3.36. The lowest BCUT2D eigenvalue weighted by Crippen LogP contribution is -2.12. The van der Waals surface area contributed by atoms with Gasteiger partial charge in [0.1, 0.15) is 34.3 Å². The highest BCUT2D eigenvalue weighted by atomic mass is 32.1. The molecule has 0 aliphatic heterocycles. The molecular weight excluding hydrogens is 455 g/mol. The zero-order valence-corrected chi connectivity index (χ0v) is 19.0. The van der Waals surface area contributed by atoms with Crippen LogP contribution in [0.1, 0.15) is 27.7 Å². The van der Waals surface area contributed by atoms with Gasteiger partial charge in [0, 0.05) is 17.7 Å². The molecule has 0 spiro atoms. The summed E-state index contributed by atoms with van der Waals surface area (Å²) in [6.45, 7) is 2.28. The molecule has 0 saturated carbocycles. The van der Waals surface area contributed by atoms with Crippen LogP contribution in [-0.4, -0.2) is 22.1 Å². The number of alkyl halides is 2. The van der Waals surface area contributed by atoms with Gasteiger partial charge < -0.3 is 15.2 Å². The van der Waals surface area contributed by atoms with Crippen molar-refractivity contribution in [3.05, 3.63) is 70.9 Å². The van der Waals surface area contributed by atoms with Gasteiger partial charge in [-0.15, -0.1) is 11.3 Å². The maximum absolute atomic E-state index is 13.9. The Bertz CT molecular complexity index is 1280. The van der Waals surface area contributed by atoms with Crippen LogP contribution in [0.2, 0.25) is 0 Å². The fraction of sp³-hybridized carbons (Fsp3) is 0.182. The summed E-state index contributed by atoms with van der Waals surface area (Å²) in [5.74, 6) is 0.252. The molecule has 0 fully saturated rings. The van der Waals surface area contributed by atoms with E-state index in [9.17, 15) is 13.6 Å². The highest BCUT2D eigenvalue weighted by Crippen LogP contribution is 2.38. The smallest absolute Gasteiger partial charge is 0.284 e. The molecule has 0 saturated heterocycles. The number of ether oxygens (including phenoxy) is 2. The molecule has 2 aromatic heterocycles. The molecule has 0 aliphatic carbocycles. The minimum absolute atomic E-state index is 0.143. The number of thiophene rings is 1. The van der Waals surface area contributed by atoms with E-state index in [0.29, 0.717) is 22.9 Å². The summed E-state index contributed by atoms with van der Waals surface area (Å²) in [5, 5.41) is 0.648. The maximum atomic E-state index is 13.9. The van der Waals surface area contributed by atoms with Crippen LogP contribution in [0.3, 0.4) is 0 Å². The van der Waals surface area contributed by atoms with E-state index in [1.165, 1.54) is 21.4 Å². The molecule has 2 N–H and O–H groups in total. The zero-order valence-electron chi connectivity index (χ0n) is 17.0. The molecule has 1 atom stereocenters. The topological polar surface area (TPSA) is 79.4 Å². The van der Waals surface area contributed by atoms with E-state index in [2.05, 4.69) is 4.98 Å². The summed E-state index contributed by atoms with van der Waals surface area (Å²) in [4.78, 5) is 16.6. The molecule has 6 nitrogen and oxygen atoms in total. The fourth-order valence-electron chi connectivity index (χ4n) is 3.31. The molecule has 10 heteroatoms. The number of rotatable bonds is 8. The zero-order chi connectivity index (χ0) is 22.9. The van der Waals surface area contributed by atoms with Crippen LogP contribution in [0, 0.1) is 0 Å². The van der Waals surface area contributed by atoms with Crippen LogP contribution in [0.5, 0.6) is 11.5 Å². The van der Waals surface area contributed by atoms with Crippen molar-refractivity contribution in [1.29, 1.82) is 0 Å². The minimum Gasteiger partial charge on any atom is -0.494 e. The van der Waals surface area contributed by atoms with Crippen molar-refractivity contribution in [3.8, 4) is 16.5 Å². The first-order valence-corrected chi connectivity index (χ1v) is 11.1. The molecule has 2 aromatic carbocycles. The average molecular weight is 475 g/mol. The molecule has 0 aliphatic rings.